The number of rotatable bonds is 1. The number of aromatic nitrogens is 1. The van der Waals surface area contributed by atoms with Crippen LogP contribution in [0, 0.1) is 5.82 Å². The van der Waals surface area contributed by atoms with Gasteiger partial charge in [-0.15, -0.1) is 0 Å². The van der Waals surface area contributed by atoms with Crippen molar-refractivity contribution in [1.29, 1.82) is 0 Å². The van der Waals surface area contributed by atoms with Gasteiger partial charge in [-0.25, -0.2) is 9.29 Å². The zero-order chi connectivity index (χ0) is 12.7. The molecule has 0 saturated carbocycles. The van der Waals surface area contributed by atoms with Gasteiger partial charge in [0.25, 0.3) is 11.8 Å². The smallest absolute Gasteiger partial charge is 0.266 e. The molecule has 2 aromatic rings. The molecular formula is C13H7FN2O2. The van der Waals surface area contributed by atoms with Gasteiger partial charge in [0.1, 0.15) is 5.82 Å². The van der Waals surface area contributed by atoms with Crippen LogP contribution in [0.5, 0.6) is 0 Å². The van der Waals surface area contributed by atoms with Gasteiger partial charge in [-0.05, 0) is 30.3 Å². The number of imide groups is 1. The van der Waals surface area contributed by atoms with Gasteiger partial charge in [-0.1, -0.05) is 0 Å². The van der Waals surface area contributed by atoms with Crippen molar-refractivity contribution in [2.45, 2.75) is 0 Å². The van der Waals surface area contributed by atoms with E-state index in [2.05, 4.69) is 4.98 Å². The SMILES string of the molecule is O=C1c2ccc(F)cc2C(=O)N1c1ccncc1. The molecule has 0 radical (unpaired) electrons. The van der Waals surface area contributed by atoms with Crippen LogP contribution in [0.3, 0.4) is 0 Å². The van der Waals surface area contributed by atoms with Crippen molar-refractivity contribution in [3.63, 3.8) is 0 Å². The van der Waals surface area contributed by atoms with Crippen molar-refractivity contribution in [2.75, 3.05) is 4.90 Å². The quantitative estimate of drug-likeness (QED) is 0.719. The van der Waals surface area contributed by atoms with Gasteiger partial charge in [0.15, 0.2) is 0 Å². The maximum absolute atomic E-state index is 13.1. The minimum Gasteiger partial charge on any atom is -0.268 e. The fourth-order valence-corrected chi connectivity index (χ4v) is 1.94. The first-order valence-electron chi connectivity index (χ1n) is 5.27. The van der Waals surface area contributed by atoms with Gasteiger partial charge in [0.2, 0.25) is 0 Å². The summed E-state index contributed by atoms with van der Waals surface area (Å²) in [5.74, 6) is -1.49. The lowest BCUT2D eigenvalue weighted by atomic mass is 10.1. The lowest BCUT2D eigenvalue weighted by Crippen LogP contribution is -2.29. The van der Waals surface area contributed by atoms with E-state index in [1.54, 1.807) is 12.1 Å². The molecule has 0 unspecified atom stereocenters. The predicted octanol–water partition coefficient (Wildman–Crippen LogP) is 2.02. The summed E-state index contributed by atoms with van der Waals surface area (Å²) in [6.45, 7) is 0. The Hall–Kier alpha value is -2.56. The number of anilines is 1. The van der Waals surface area contributed by atoms with Crippen molar-refractivity contribution < 1.29 is 14.0 Å². The first-order valence-corrected chi connectivity index (χ1v) is 5.27. The Morgan fingerprint density at radius 3 is 2.33 bits per heavy atom. The van der Waals surface area contributed by atoms with Crippen molar-refractivity contribution in [2.24, 2.45) is 0 Å². The van der Waals surface area contributed by atoms with Crippen LogP contribution in [0.4, 0.5) is 10.1 Å². The highest BCUT2D eigenvalue weighted by Crippen LogP contribution is 2.28. The van der Waals surface area contributed by atoms with E-state index in [0.717, 1.165) is 11.0 Å². The molecule has 0 atom stereocenters. The second-order valence-corrected chi connectivity index (χ2v) is 3.84. The first-order chi connectivity index (χ1) is 8.68. The van der Waals surface area contributed by atoms with Gasteiger partial charge >= 0.3 is 0 Å². The van der Waals surface area contributed by atoms with Gasteiger partial charge in [-0.3, -0.25) is 14.6 Å². The van der Waals surface area contributed by atoms with E-state index in [1.807, 2.05) is 0 Å². The maximum atomic E-state index is 13.1. The average molecular weight is 242 g/mol. The molecule has 1 aliphatic heterocycles. The summed E-state index contributed by atoms with van der Waals surface area (Å²) in [7, 11) is 0. The van der Waals surface area contributed by atoms with Crippen LogP contribution in [0.1, 0.15) is 20.7 Å². The number of amides is 2. The second-order valence-electron chi connectivity index (χ2n) is 3.84. The Labute approximate surface area is 102 Å². The largest absolute Gasteiger partial charge is 0.268 e. The third-order valence-corrected chi connectivity index (χ3v) is 2.77. The topological polar surface area (TPSA) is 50.3 Å². The Kier molecular flexibility index (Phi) is 2.19. The van der Waals surface area contributed by atoms with Crippen molar-refractivity contribution >= 4 is 17.5 Å². The van der Waals surface area contributed by atoms with E-state index >= 15 is 0 Å². The summed E-state index contributed by atoms with van der Waals surface area (Å²) in [6.07, 6.45) is 2.97. The summed E-state index contributed by atoms with van der Waals surface area (Å²) < 4.78 is 13.1. The highest BCUT2D eigenvalue weighted by Gasteiger charge is 2.36. The fourth-order valence-electron chi connectivity index (χ4n) is 1.94. The number of hydrogen-bond donors (Lipinski definition) is 0. The van der Waals surface area contributed by atoms with Crippen LogP contribution in [0.15, 0.2) is 42.7 Å². The number of halogens is 1. The Morgan fingerprint density at radius 2 is 1.61 bits per heavy atom. The molecule has 1 aromatic carbocycles. The molecule has 0 spiro atoms. The maximum Gasteiger partial charge on any atom is 0.266 e. The van der Waals surface area contributed by atoms with Crippen LogP contribution >= 0.6 is 0 Å². The van der Waals surface area contributed by atoms with E-state index < -0.39 is 17.6 Å². The van der Waals surface area contributed by atoms with E-state index in [4.69, 9.17) is 0 Å². The van der Waals surface area contributed by atoms with Crippen LogP contribution in [-0.4, -0.2) is 16.8 Å². The molecule has 4 nitrogen and oxygen atoms in total. The molecule has 2 amide bonds. The summed E-state index contributed by atoms with van der Waals surface area (Å²) in [5.41, 5.74) is 0.742. The molecule has 0 N–H and O–H groups in total. The van der Waals surface area contributed by atoms with E-state index in [1.165, 1.54) is 24.5 Å². The zero-order valence-corrected chi connectivity index (χ0v) is 9.13. The van der Waals surface area contributed by atoms with Crippen molar-refractivity contribution in [1.82, 2.24) is 4.98 Å². The summed E-state index contributed by atoms with van der Waals surface area (Å²) >= 11 is 0. The molecule has 0 bridgehead atoms. The molecule has 0 fully saturated rings. The van der Waals surface area contributed by atoms with Crippen molar-refractivity contribution in [3.8, 4) is 0 Å². The number of fused-ring (bicyclic) bond motifs is 1. The summed E-state index contributed by atoms with van der Waals surface area (Å²) in [5, 5.41) is 0. The number of carbonyl (C=O) groups excluding carboxylic acids is 2. The normalized spacial score (nSPS) is 13.9. The minimum absolute atomic E-state index is 0.0943. The molecule has 1 aromatic heterocycles. The lowest BCUT2D eigenvalue weighted by molar-refractivity contribution is 0.0926. The standard InChI is InChI=1S/C13H7FN2O2/c14-8-1-2-10-11(7-8)13(18)16(12(10)17)9-3-5-15-6-4-9/h1-7H. The third-order valence-electron chi connectivity index (χ3n) is 2.77. The van der Waals surface area contributed by atoms with Crippen LogP contribution < -0.4 is 4.90 Å². The highest BCUT2D eigenvalue weighted by molar-refractivity contribution is 6.34. The lowest BCUT2D eigenvalue weighted by Gasteiger charge is -2.12. The van der Waals surface area contributed by atoms with Gasteiger partial charge < -0.3 is 0 Å². The molecule has 88 valence electrons. The Balaban J connectivity index is 2.13. The van der Waals surface area contributed by atoms with Crippen LogP contribution in [-0.2, 0) is 0 Å². The van der Waals surface area contributed by atoms with Crippen molar-refractivity contribution in [3.05, 3.63) is 59.7 Å². The molecule has 3 rings (SSSR count). The van der Waals surface area contributed by atoms with E-state index in [0.29, 0.717) is 5.69 Å². The molecular weight excluding hydrogens is 235 g/mol. The minimum atomic E-state index is -0.536. The molecule has 5 heteroatoms. The number of nitrogens with zero attached hydrogens (tertiary/aromatic N) is 2. The van der Waals surface area contributed by atoms with Gasteiger partial charge in [0, 0.05) is 12.4 Å². The molecule has 1 aliphatic rings. The summed E-state index contributed by atoms with van der Waals surface area (Å²) in [6, 6.07) is 6.68. The van der Waals surface area contributed by atoms with Gasteiger partial charge in [0.05, 0.1) is 16.8 Å². The third kappa shape index (κ3) is 1.41. The summed E-state index contributed by atoms with van der Waals surface area (Å²) in [4.78, 5) is 29.0. The van der Waals surface area contributed by atoms with Crippen LogP contribution in [0.25, 0.3) is 0 Å². The zero-order valence-electron chi connectivity index (χ0n) is 9.13. The number of benzene rings is 1. The first kappa shape index (κ1) is 10.6. The second kappa shape index (κ2) is 3.73. The number of pyridine rings is 1. The fraction of sp³-hybridized carbons (Fsp3) is 0. The number of hydrogen-bond acceptors (Lipinski definition) is 3. The molecule has 2 heterocycles. The van der Waals surface area contributed by atoms with Gasteiger partial charge in [-0.2, -0.15) is 0 Å². The Morgan fingerprint density at radius 1 is 0.944 bits per heavy atom. The average Bonchev–Trinajstić information content (AvgIpc) is 2.63. The Bertz CT molecular complexity index is 655. The molecule has 0 aliphatic carbocycles. The van der Waals surface area contributed by atoms with Crippen LogP contribution in [0.2, 0.25) is 0 Å². The van der Waals surface area contributed by atoms with E-state index in [9.17, 15) is 14.0 Å². The monoisotopic (exact) mass is 242 g/mol. The molecule has 0 saturated heterocycles. The highest BCUT2D eigenvalue weighted by atomic mass is 19.1. The number of carbonyl (C=O) groups is 2. The molecule has 18 heavy (non-hydrogen) atoms. The predicted molar refractivity (Wildman–Crippen MR) is 61.8 cm³/mol. The van der Waals surface area contributed by atoms with E-state index in [-0.39, 0.29) is 11.1 Å².